The van der Waals surface area contributed by atoms with Crippen LogP contribution in [-0.4, -0.2) is 15.9 Å². The Bertz CT molecular complexity index is 165. The summed E-state index contributed by atoms with van der Waals surface area (Å²) in [5.41, 5.74) is 0. The van der Waals surface area contributed by atoms with E-state index in [1.54, 1.807) is 6.08 Å². The first-order chi connectivity index (χ1) is 4.70. The fraction of sp³-hybridized carbons (Fsp3) is 0.571. The molecule has 0 amide bonds. The summed E-state index contributed by atoms with van der Waals surface area (Å²) in [6, 6.07) is 0. The molecule has 1 rings (SSSR count). The summed E-state index contributed by atoms with van der Waals surface area (Å²) < 4.78 is 0. The maximum atomic E-state index is 10.4. The Hall–Kier alpha value is -0.310. The van der Waals surface area contributed by atoms with Crippen LogP contribution in [0.4, 0.5) is 0 Å². The second-order valence-electron chi connectivity index (χ2n) is 2.42. The van der Waals surface area contributed by atoms with Gasteiger partial charge in [0.1, 0.15) is 0 Å². The number of allylic oxidation sites excluding steroid dienone is 1. The molecule has 0 saturated heterocycles. The Labute approximate surface area is 68.1 Å². The quantitative estimate of drug-likeness (QED) is 0.523. The highest BCUT2D eigenvalue weighted by molar-refractivity contribution is 9.09. The second-order valence-corrected chi connectivity index (χ2v) is 3.60. The average Bonchev–Trinajstić information content (AvgIpc) is 1.88. The Morgan fingerprint density at radius 3 is 2.60 bits per heavy atom. The lowest BCUT2D eigenvalue weighted by molar-refractivity contribution is -0.140. The number of hydrogen-bond acceptors (Lipinski definition) is 1. The SMILES string of the molecule is O=C(O)[C@H]1C=C[C@@H](Br)CC1. The molecule has 0 radical (unpaired) electrons. The third-order valence-electron chi connectivity index (χ3n) is 1.62. The highest BCUT2D eigenvalue weighted by atomic mass is 79.9. The summed E-state index contributed by atoms with van der Waals surface area (Å²) in [5, 5.41) is 8.56. The van der Waals surface area contributed by atoms with Gasteiger partial charge in [-0.2, -0.15) is 0 Å². The predicted molar refractivity (Wildman–Crippen MR) is 42.2 cm³/mol. The van der Waals surface area contributed by atoms with Gasteiger partial charge in [0.2, 0.25) is 0 Å². The molecule has 0 aromatic heterocycles. The van der Waals surface area contributed by atoms with Gasteiger partial charge in [0.05, 0.1) is 5.92 Å². The van der Waals surface area contributed by atoms with Gasteiger partial charge in [-0.05, 0) is 12.8 Å². The van der Waals surface area contributed by atoms with Crippen molar-refractivity contribution in [2.75, 3.05) is 0 Å². The number of hydrogen-bond donors (Lipinski definition) is 1. The summed E-state index contributed by atoms with van der Waals surface area (Å²) in [6.07, 6.45) is 5.34. The standard InChI is InChI=1S/C7H9BrO2/c8-6-3-1-5(2-4-6)7(9)10/h1,3,5-6H,2,4H2,(H,9,10)/t5-,6+/m0/s1. The van der Waals surface area contributed by atoms with Crippen molar-refractivity contribution in [3.05, 3.63) is 12.2 Å². The molecule has 1 aliphatic rings. The largest absolute Gasteiger partial charge is 0.481 e. The average molecular weight is 205 g/mol. The highest BCUT2D eigenvalue weighted by Crippen LogP contribution is 2.22. The van der Waals surface area contributed by atoms with E-state index in [0.29, 0.717) is 4.83 Å². The summed E-state index contributed by atoms with van der Waals surface area (Å²) >= 11 is 3.39. The normalized spacial score (nSPS) is 32.1. The van der Waals surface area contributed by atoms with Crippen molar-refractivity contribution in [2.45, 2.75) is 17.7 Å². The summed E-state index contributed by atoms with van der Waals surface area (Å²) in [6.45, 7) is 0. The van der Waals surface area contributed by atoms with E-state index in [9.17, 15) is 4.79 Å². The van der Waals surface area contributed by atoms with E-state index in [2.05, 4.69) is 15.9 Å². The van der Waals surface area contributed by atoms with E-state index < -0.39 is 5.97 Å². The minimum Gasteiger partial charge on any atom is -0.481 e. The minimum absolute atomic E-state index is 0.256. The van der Waals surface area contributed by atoms with Crippen LogP contribution in [0.25, 0.3) is 0 Å². The zero-order valence-electron chi connectivity index (χ0n) is 5.46. The molecule has 2 nitrogen and oxygen atoms in total. The summed E-state index contributed by atoms with van der Waals surface area (Å²) in [7, 11) is 0. The molecule has 0 unspecified atom stereocenters. The van der Waals surface area contributed by atoms with Crippen LogP contribution in [0.5, 0.6) is 0 Å². The molecule has 0 fully saturated rings. The van der Waals surface area contributed by atoms with Gasteiger partial charge in [-0.25, -0.2) is 0 Å². The summed E-state index contributed by atoms with van der Waals surface area (Å²) in [4.78, 5) is 10.8. The first kappa shape index (κ1) is 7.79. The van der Waals surface area contributed by atoms with Gasteiger partial charge < -0.3 is 5.11 Å². The van der Waals surface area contributed by atoms with Crippen LogP contribution < -0.4 is 0 Å². The molecule has 2 atom stereocenters. The molecule has 3 heteroatoms. The Kier molecular flexibility index (Phi) is 2.49. The zero-order valence-corrected chi connectivity index (χ0v) is 7.04. The fourth-order valence-corrected chi connectivity index (χ4v) is 1.43. The van der Waals surface area contributed by atoms with E-state index >= 15 is 0 Å². The van der Waals surface area contributed by atoms with Gasteiger partial charge in [0.15, 0.2) is 0 Å². The molecule has 0 bridgehead atoms. The number of rotatable bonds is 1. The van der Waals surface area contributed by atoms with E-state index in [1.807, 2.05) is 6.08 Å². The molecule has 0 heterocycles. The van der Waals surface area contributed by atoms with Gasteiger partial charge in [-0.15, -0.1) is 0 Å². The highest BCUT2D eigenvalue weighted by Gasteiger charge is 2.18. The molecule has 0 saturated carbocycles. The van der Waals surface area contributed by atoms with E-state index in [4.69, 9.17) is 5.11 Å². The van der Waals surface area contributed by atoms with E-state index in [-0.39, 0.29) is 5.92 Å². The minimum atomic E-state index is -0.712. The lowest BCUT2D eigenvalue weighted by atomic mass is 9.96. The molecule has 0 spiro atoms. The molecule has 10 heavy (non-hydrogen) atoms. The van der Waals surface area contributed by atoms with Crippen LogP contribution in [0.3, 0.4) is 0 Å². The van der Waals surface area contributed by atoms with E-state index in [0.717, 1.165) is 12.8 Å². The maximum Gasteiger partial charge on any atom is 0.310 e. The third-order valence-corrected chi connectivity index (χ3v) is 2.39. The van der Waals surface area contributed by atoms with Crippen molar-refractivity contribution < 1.29 is 9.90 Å². The molecular weight excluding hydrogens is 196 g/mol. The smallest absolute Gasteiger partial charge is 0.310 e. The van der Waals surface area contributed by atoms with Crippen LogP contribution in [0.15, 0.2) is 12.2 Å². The van der Waals surface area contributed by atoms with Gasteiger partial charge in [0, 0.05) is 4.83 Å². The molecule has 0 aromatic carbocycles. The lowest BCUT2D eigenvalue weighted by Crippen LogP contribution is -2.16. The van der Waals surface area contributed by atoms with Crippen LogP contribution in [0.1, 0.15) is 12.8 Å². The van der Waals surface area contributed by atoms with Crippen molar-refractivity contribution in [3.63, 3.8) is 0 Å². The third kappa shape index (κ3) is 1.84. The van der Waals surface area contributed by atoms with Crippen molar-refractivity contribution in [2.24, 2.45) is 5.92 Å². The number of halogens is 1. The molecular formula is C7H9BrO2. The number of alkyl halides is 1. The molecule has 0 aromatic rings. The first-order valence-electron chi connectivity index (χ1n) is 3.25. The second kappa shape index (κ2) is 3.19. The Balaban J connectivity index is 2.53. The predicted octanol–water partition coefficient (Wildman–Crippen LogP) is 1.80. The molecule has 56 valence electrons. The number of carbonyl (C=O) groups is 1. The van der Waals surface area contributed by atoms with Crippen LogP contribution in [0, 0.1) is 5.92 Å². The molecule has 1 N–H and O–H groups in total. The number of carboxylic acids is 1. The van der Waals surface area contributed by atoms with Crippen molar-refractivity contribution >= 4 is 21.9 Å². The number of aliphatic carboxylic acids is 1. The van der Waals surface area contributed by atoms with Gasteiger partial charge in [-0.3, -0.25) is 4.79 Å². The Morgan fingerprint density at radius 1 is 1.50 bits per heavy atom. The van der Waals surface area contributed by atoms with Gasteiger partial charge in [0.25, 0.3) is 0 Å². The van der Waals surface area contributed by atoms with Crippen LogP contribution in [0.2, 0.25) is 0 Å². The van der Waals surface area contributed by atoms with E-state index in [1.165, 1.54) is 0 Å². The lowest BCUT2D eigenvalue weighted by Gasteiger charge is -2.14. The molecule has 1 aliphatic carbocycles. The van der Waals surface area contributed by atoms with Crippen LogP contribution >= 0.6 is 15.9 Å². The monoisotopic (exact) mass is 204 g/mol. The zero-order chi connectivity index (χ0) is 7.56. The summed E-state index contributed by atoms with van der Waals surface area (Å²) in [5.74, 6) is -0.968. The topological polar surface area (TPSA) is 37.3 Å². The van der Waals surface area contributed by atoms with Crippen molar-refractivity contribution in [1.82, 2.24) is 0 Å². The first-order valence-corrected chi connectivity index (χ1v) is 4.17. The van der Waals surface area contributed by atoms with Crippen molar-refractivity contribution in [1.29, 1.82) is 0 Å². The molecule has 0 aliphatic heterocycles. The van der Waals surface area contributed by atoms with Gasteiger partial charge in [-0.1, -0.05) is 28.1 Å². The number of carboxylic acid groups (broad SMARTS) is 1. The van der Waals surface area contributed by atoms with Gasteiger partial charge >= 0.3 is 5.97 Å². The Morgan fingerprint density at radius 2 is 2.20 bits per heavy atom. The fourth-order valence-electron chi connectivity index (χ4n) is 0.992. The maximum absolute atomic E-state index is 10.4. The van der Waals surface area contributed by atoms with Crippen LogP contribution in [-0.2, 0) is 4.79 Å². The van der Waals surface area contributed by atoms with Crippen molar-refractivity contribution in [3.8, 4) is 0 Å².